The van der Waals surface area contributed by atoms with Gasteiger partial charge in [0.15, 0.2) is 0 Å². The van der Waals surface area contributed by atoms with Crippen molar-refractivity contribution in [1.82, 2.24) is 5.32 Å². The molecule has 0 aromatic rings. The van der Waals surface area contributed by atoms with Gasteiger partial charge in [0.05, 0.1) is 0 Å². The molecule has 0 atom stereocenters. The number of nitrogens with one attached hydrogen (secondary N) is 1. The molecule has 0 aliphatic rings. The summed E-state index contributed by atoms with van der Waals surface area (Å²) in [5, 5.41) is 11.5. The Labute approximate surface area is 77.1 Å². The van der Waals surface area contributed by atoms with E-state index in [0.29, 0.717) is 6.61 Å². The van der Waals surface area contributed by atoms with Gasteiger partial charge in [0.1, 0.15) is 0 Å². The van der Waals surface area contributed by atoms with Gasteiger partial charge in [-0.15, -0.1) is 0 Å². The molecule has 0 fully saturated rings. The highest BCUT2D eigenvalue weighted by molar-refractivity contribution is 4.42. The fourth-order valence-electron chi connectivity index (χ4n) is 0.539. The van der Waals surface area contributed by atoms with Gasteiger partial charge in [0, 0.05) is 13.5 Å². The Hall–Kier alpha value is -0.290. The second-order valence-electron chi connectivity index (χ2n) is 2.57. The van der Waals surface area contributed by atoms with Crippen LogP contribution < -0.4 is 5.32 Å². The number of hydrogen-bond acceptors (Lipinski definition) is 2. The summed E-state index contributed by atoms with van der Waals surface area (Å²) in [7, 11) is 0. The highest BCUT2D eigenvalue weighted by atomic mass is 19.4. The lowest BCUT2D eigenvalue weighted by Gasteiger charge is -1.96. The van der Waals surface area contributed by atoms with E-state index in [1.54, 1.807) is 0 Å². The van der Waals surface area contributed by atoms with Gasteiger partial charge in [0.2, 0.25) is 0 Å². The van der Waals surface area contributed by atoms with Crippen molar-refractivity contribution in [2.45, 2.75) is 32.9 Å². The van der Waals surface area contributed by atoms with Crippen LogP contribution in [0.3, 0.4) is 0 Å². The van der Waals surface area contributed by atoms with E-state index >= 15 is 0 Å². The van der Waals surface area contributed by atoms with Crippen molar-refractivity contribution < 1.29 is 18.3 Å². The van der Waals surface area contributed by atoms with Gasteiger partial charge < -0.3 is 10.4 Å². The van der Waals surface area contributed by atoms with E-state index < -0.39 is 6.18 Å². The molecule has 0 heterocycles. The first-order valence-electron chi connectivity index (χ1n) is 4.30. The molecule has 0 bridgehead atoms. The van der Waals surface area contributed by atoms with Crippen LogP contribution in [0.2, 0.25) is 0 Å². The van der Waals surface area contributed by atoms with Crippen LogP contribution in [0.25, 0.3) is 0 Å². The highest BCUT2D eigenvalue weighted by Gasteiger charge is 2.15. The summed E-state index contributed by atoms with van der Waals surface area (Å²) < 4.78 is 31.1. The quantitative estimate of drug-likeness (QED) is 0.666. The lowest BCUT2D eigenvalue weighted by Crippen LogP contribution is -2.13. The van der Waals surface area contributed by atoms with E-state index in [2.05, 4.69) is 12.2 Å². The molecule has 5 heteroatoms. The molecule has 0 amide bonds. The molecule has 0 unspecified atom stereocenters. The van der Waals surface area contributed by atoms with E-state index in [1.807, 2.05) is 0 Å². The second kappa shape index (κ2) is 9.80. The van der Waals surface area contributed by atoms with Crippen LogP contribution >= 0.6 is 0 Å². The summed E-state index contributed by atoms with van der Waals surface area (Å²) >= 11 is 0. The minimum absolute atomic E-state index is 0.188. The summed E-state index contributed by atoms with van der Waals surface area (Å²) in [6.07, 6.45) is -1.99. The molecule has 13 heavy (non-hydrogen) atoms. The van der Waals surface area contributed by atoms with Gasteiger partial charge in [-0.1, -0.05) is 6.92 Å². The highest BCUT2D eigenvalue weighted by Crippen LogP contribution is 2.10. The summed E-state index contributed by atoms with van der Waals surface area (Å²) in [4.78, 5) is 0. The maximum absolute atomic E-state index is 10.4. The molecular formula is C8H18F3NO. The van der Waals surface area contributed by atoms with Crippen LogP contribution in [0, 0.1) is 0 Å². The predicted octanol–water partition coefficient (Wildman–Crippen LogP) is 1.94. The molecule has 2 nitrogen and oxygen atoms in total. The minimum Gasteiger partial charge on any atom is -0.396 e. The summed E-state index contributed by atoms with van der Waals surface area (Å²) in [5.74, 6) is 0. The fourth-order valence-corrected chi connectivity index (χ4v) is 0.539. The van der Waals surface area contributed by atoms with Gasteiger partial charge in [-0.2, -0.15) is 13.2 Å². The zero-order valence-electron chi connectivity index (χ0n) is 8.12. The standard InChI is InChI=1S/C6H15NO.C2H3F3/c1-2-7-5-3-4-6-8;1-2(3,4)5/h7-8H,2-6H2,1H3;1H3. The maximum Gasteiger partial charge on any atom is 0.386 e. The fraction of sp³-hybridized carbons (Fsp3) is 1.00. The van der Waals surface area contributed by atoms with E-state index in [-0.39, 0.29) is 6.92 Å². The third kappa shape index (κ3) is 49.8. The van der Waals surface area contributed by atoms with Crippen molar-refractivity contribution >= 4 is 0 Å². The number of alkyl halides is 3. The topological polar surface area (TPSA) is 32.3 Å². The van der Waals surface area contributed by atoms with E-state index in [1.165, 1.54) is 0 Å². The average Bonchev–Trinajstić information content (AvgIpc) is 1.95. The van der Waals surface area contributed by atoms with Crippen molar-refractivity contribution in [3.63, 3.8) is 0 Å². The van der Waals surface area contributed by atoms with E-state index in [0.717, 1.165) is 25.9 Å². The van der Waals surface area contributed by atoms with E-state index in [9.17, 15) is 13.2 Å². The zero-order valence-corrected chi connectivity index (χ0v) is 8.12. The second-order valence-corrected chi connectivity index (χ2v) is 2.57. The monoisotopic (exact) mass is 201 g/mol. The minimum atomic E-state index is -4.00. The van der Waals surface area contributed by atoms with Crippen LogP contribution in [-0.2, 0) is 0 Å². The molecule has 0 aromatic heterocycles. The Bertz CT molecular complexity index is 83.9. The van der Waals surface area contributed by atoms with Crippen LogP contribution in [-0.4, -0.2) is 31.0 Å². The Balaban J connectivity index is 0. The molecule has 82 valence electrons. The first-order valence-corrected chi connectivity index (χ1v) is 4.30. The first kappa shape index (κ1) is 15.2. The lowest BCUT2D eigenvalue weighted by atomic mass is 10.3. The number of aliphatic hydroxyl groups excluding tert-OH is 1. The molecule has 0 saturated heterocycles. The number of aliphatic hydroxyl groups is 1. The van der Waals surface area contributed by atoms with Crippen molar-refractivity contribution in [2.75, 3.05) is 19.7 Å². The van der Waals surface area contributed by atoms with Crippen molar-refractivity contribution in [1.29, 1.82) is 0 Å². The third-order valence-corrected chi connectivity index (χ3v) is 1.01. The molecule has 0 aromatic carbocycles. The summed E-state index contributed by atoms with van der Waals surface area (Å²) in [5.41, 5.74) is 0. The van der Waals surface area contributed by atoms with Crippen LogP contribution in [0.15, 0.2) is 0 Å². The molecule has 0 radical (unpaired) electrons. The largest absolute Gasteiger partial charge is 0.396 e. The molecule has 0 aliphatic carbocycles. The number of unbranched alkanes of at least 4 members (excludes halogenated alkanes) is 1. The Kier molecular flexibility index (Phi) is 11.4. The van der Waals surface area contributed by atoms with Crippen molar-refractivity contribution in [3.05, 3.63) is 0 Å². The van der Waals surface area contributed by atoms with Crippen molar-refractivity contribution in [3.8, 4) is 0 Å². The maximum atomic E-state index is 10.4. The molecule has 0 saturated carbocycles. The Morgan fingerprint density at radius 2 is 1.69 bits per heavy atom. The molecule has 0 spiro atoms. The van der Waals surface area contributed by atoms with Crippen LogP contribution in [0.5, 0.6) is 0 Å². The normalized spacial score (nSPS) is 10.6. The SMILES string of the molecule is CC(F)(F)F.CCNCCCCO. The summed E-state index contributed by atoms with van der Waals surface area (Å²) in [6, 6.07) is 0. The zero-order chi connectivity index (χ0) is 10.7. The Morgan fingerprint density at radius 3 is 2.00 bits per heavy atom. The first-order chi connectivity index (χ1) is 5.91. The molecule has 0 aliphatic heterocycles. The average molecular weight is 201 g/mol. The van der Waals surface area contributed by atoms with Gasteiger partial charge in [-0.05, 0) is 25.9 Å². The molecule has 2 N–H and O–H groups in total. The van der Waals surface area contributed by atoms with Gasteiger partial charge in [-0.25, -0.2) is 0 Å². The van der Waals surface area contributed by atoms with Gasteiger partial charge in [-0.3, -0.25) is 0 Å². The smallest absolute Gasteiger partial charge is 0.386 e. The number of halogens is 3. The predicted molar refractivity (Wildman–Crippen MR) is 46.6 cm³/mol. The summed E-state index contributed by atoms with van der Waals surface area (Å²) in [6.45, 7) is 4.67. The van der Waals surface area contributed by atoms with Crippen molar-refractivity contribution in [2.24, 2.45) is 0 Å². The lowest BCUT2D eigenvalue weighted by molar-refractivity contribution is -0.110. The van der Waals surface area contributed by atoms with Gasteiger partial charge in [0.25, 0.3) is 0 Å². The van der Waals surface area contributed by atoms with Gasteiger partial charge >= 0.3 is 6.18 Å². The number of rotatable bonds is 5. The van der Waals surface area contributed by atoms with Crippen LogP contribution in [0.1, 0.15) is 26.7 Å². The van der Waals surface area contributed by atoms with E-state index in [4.69, 9.17) is 5.11 Å². The Morgan fingerprint density at radius 1 is 1.23 bits per heavy atom. The van der Waals surface area contributed by atoms with Crippen LogP contribution in [0.4, 0.5) is 13.2 Å². The molecular weight excluding hydrogens is 183 g/mol. The molecule has 0 rings (SSSR count). The number of hydrogen-bond donors (Lipinski definition) is 2. The third-order valence-electron chi connectivity index (χ3n) is 1.01.